The number of amides is 3. The van der Waals surface area contributed by atoms with Crippen molar-refractivity contribution >= 4 is 46.5 Å². The van der Waals surface area contributed by atoms with E-state index in [1.54, 1.807) is 18.2 Å². The van der Waals surface area contributed by atoms with Gasteiger partial charge in [-0.25, -0.2) is 10.2 Å². The SMILES string of the molecule is Cc1[nH]c(/C=C2\C(=O)Nc3cc(NC(=O)Nc4cc(C(C)(C)C)on4)ccc32)c(C)c1NN[C@@H]1CCNC1. The predicted octanol–water partition coefficient (Wildman–Crippen LogP) is 4.33. The summed E-state index contributed by atoms with van der Waals surface area (Å²) in [5.74, 6) is 0.799. The van der Waals surface area contributed by atoms with E-state index in [4.69, 9.17) is 4.52 Å². The van der Waals surface area contributed by atoms with E-state index in [9.17, 15) is 9.59 Å². The van der Waals surface area contributed by atoms with Gasteiger partial charge in [-0.1, -0.05) is 32.0 Å². The van der Waals surface area contributed by atoms with Crippen molar-refractivity contribution in [3.05, 3.63) is 52.5 Å². The normalized spacial score (nSPS) is 18.0. The lowest BCUT2D eigenvalue weighted by Gasteiger charge is -2.14. The number of nitrogens with zero attached hydrogens (tertiary/aromatic N) is 1. The standard InChI is InChI=1S/C27H34N8O3/c1-14-20(29-15(2)24(14)34-33-17-8-9-28-13-17)11-19-18-7-6-16(10-21(18)31-25(19)36)30-26(37)32-23-12-22(38-35-23)27(3,4)5/h6-7,10-12,17,28-29,33-34H,8-9,13H2,1-5H3,(H,31,36)(H2,30,32,35,37)/b19-11-/t17-/m1/s1. The smallest absolute Gasteiger partial charge is 0.324 e. The van der Waals surface area contributed by atoms with Gasteiger partial charge in [-0.2, -0.15) is 0 Å². The molecule has 1 aromatic carbocycles. The number of benzene rings is 1. The minimum Gasteiger partial charge on any atom is -0.359 e. The van der Waals surface area contributed by atoms with Gasteiger partial charge in [-0.15, -0.1) is 0 Å². The number of hydrogen-bond donors (Lipinski definition) is 7. The van der Waals surface area contributed by atoms with Crippen molar-refractivity contribution in [3.63, 3.8) is 0 Å². The van der Waals surface area contributed by atoms with Crippen LogP contribution in [0.5, 0.6) is 0 Å². The summed E-state index contributed by atoms with van der Waals surface area (Å²) in [5, 5.41) is 15.6. The largest absolute Gasteiger partial charge is 0.359 e. The number of fused-ring (bicyclic) bond motifs is 1. The molecule has 0 unspecified atom stereocenters. The van der Waals surface area contributed by atoms with Crippen LogP contribution in [0.4, 0.5) is 27.7 Å². The molecule has 11 heteroatoms. The molecule has 1 saturated heterocycles. The van der Waals surface area contributed by atoms with E-state index < -0.39 is 6.03 Å². The molecule has 3 aromatic rings. The lowest BCUT2D eigenvalue weighted by molar-refractivity contribution is -0.110. The quantitative estimate of drug-likeness (QED) is 0.190. The van der Waals surface area contributed by atoms with Crippen molar-refractivity contribution in [2.45, 2.75) is 52.5 Å². The van der Waals surface area contributed by atoms with Gasteiger partial charge < -0.3 is 30.9 Å². The van der Waals surface area contributed by atoms with Crippen molar-refractivity contribution < 1.29 is 14.1 Å². The zero-order valence-corrected chi connectivity index (χ0v) is 22.3. The summed E-state index contributed by atoms with van der Waals surface area (Å²) in [6.07, 6.45) is 2.93. The average Bonchev–Trinajstić information content (AvgIpc) is 3.62. The molecule has 5 rings (SSSR count). The van der Waals surface area contributed by atoms with E-state index >= 15 is 0 Å². The van der Waals surface area contributed by atoms with E-state index in [0.717, 1.165) is 47.7 Å². The Morgan fingerprint density at radius 1 is 1.18 bits per heavy atom. The maximum atomic E-state index is 12.8. The van der Waals surface area contributed by atoms with Crippen LogP contribution in [-0.4, -0.2) is 41.2 Å². The van der Waals surface area contributed by atoms with Crippen LogP contribution in [0.15, 0.2) is 28.8 Å². The van der Waals surface area contributed by atoms with E-state index in [1.165, 1.54) is 0 Å². The Hall–Kier alpha value is -4.09. The van der Waals surface area contributed by atoms with E-state index in [0.29, 0.717) is 34.6 Å². The van der Waals surface area contributed by atoms with Crippen LogP contribution in [0, 0.1) is 13.8 Å². The summed E-state index contributed by atoms with van der Waals surface area (Å²) in [6.45, 7) is 12.0. The summed E-state index contributed by atoms with van der Waals surface area (Å²) >= 11 is 0. The second-order valence-electron chi connectivity index (χ2n) is 10.8. The number of aromatic nitrogens is 2. The number of anilines is 4. The van der Waals surface area contributed by atoms with Crippen molar-refractivity contribution in [1.82, 2.24) is 20.9 Å². The number of carbonyl (C=O) groups is 2. The Morgan fingerprint density at radius 2 is 2.00 bits per heavy atom. The van der Waals surface area contributed by atoms with E-state index in [1.807, 2.05) is 46.8 Å². The van der Waals surface area contributed by atoms with Gasteiger partial charge >= 0.3 is 6.03 Å². The number of nitrogens with one attached hydrogen (secondary N) is 7. The number of hydrazine groups is 1. The molecule has 2 aromatic heterocycles. The summed E-state index contributed by atoms with van der Waals surface area (Å²) in [5.41, 5.74) is 12.8. The van der Waals surface area contributed by atoms with E-state index in [-0.39, 0.29) is 11.3 Å². The molecule has 2 aliphatic heterocycles. The second-order valence-corrected chi connectivity index (χ2v) is 10.8. The molecule has 0 spiro atoms. The Kier molecular flexibility index (Phi) is 6.72. The minimum atomic E-state index is -0.460. The first kappa shape index (κ1) is 25.6. The lowest BCUT2D eigenvalue weighted by Crippen LogP contribution is -2.35. The molecule has 1 atom stereocenters. The highest BCUT2D eigenvalue weighted by Gasteiger charge is 2.26. The van der Waals surface area contributed by atoms with Crippen LogP contribution in [0.2, 0.25) is 0 Å². The van der Waals surface area contributed by atoms with Crippen LogP contribution < -0.4 is 32.1 Å². The highest BCUT2D eigenvalue weighted by Crippen LogP contribution is 2.36. The highest BCUT2D eigenvalue weighted by atomic mass is 16.5. The zero-order chi connectivity index (χ0) is 27.0. The van der Waals surface area contributed by atoms with Gasteiger partial charge in [-0.05, 0) is 50.6 Å². The third-order valence-corrected chi connectivity index (χ3v) is 6.78. The van der Waals surface area contributed by atoms with Crippen LogP contribution in [0.3, 0.4) is 0 Å². The van der Waals surface area contributed by atoms with Crippen molar-refractivity contribution in [3.8, 4) is 0 Å². The minimum absolute atomic E-state index is 0.199. The van der Waals surface area contributed by atoms with Gasteiger partial charge in [0.2, 0.25) is 0 Å². The van der Waals surface area contributed by atoms with Crippen LogP contribution in [-0.2, 0) is 10.2 Å². The molecular formula is C27H34N8O3. The fourth-order valence-corrected chi connectivity index (χ4v) is 4.58. The topological polar surface area (TPSA) is 148 Å². The molecule has 0 radical (unpaired) electrons. The first-order valence-corrected chi connectivity index (χ1v) is 12.7. The molecule has 4 heterocycles. The molecular weight excluding hydrogens is 484 g/mol. The summed E-state index contributed by atoms with van der Waals surface area (Å²) in [6, 6.07) is 6.93. The maximum absolute atomic E-state index is 12.8. The predicted molar refractivity (Wildman–Crippen MR) is 149 cm³/mol. The number of rotatable bonds is 6. The molecule has 0 bridgehead atoms. The Balaban J connectivity index is 1.28. The second kappa shape index (κ2) is 9.99. The van der Waals surface area contributed by atoms with Crippen LogP contribution in [0.1, 0.15) is 55.5 Å². The van der Waals surface area contributed by atoms with Crippen molar-refractivity contribution in [2.75, 3.05) is 34.5 Å². The number of H-pyrrole nitrogens is 1. The summed E-state index contributed by atoms with van der Waals surface area (Å²) < 4.78 is 5.31. The molecule has 3 amide bonds. The van der Waals surface area contributed by atoms with Gasteiger partial charge in [0.05, 0.1) is 16.9 Å². The average molecular weight is 519 g/mol. The molecule has 38 heavy (non-hydrogen) atoms. The Labute approximate surface area is 221 Å². The first-order valence-electron chi connectivity index (χ1n) is 12.7. The maximum Gasteiger partial charge on any atom is 0.324 e. The zero-order valence-electron chi connectivity index (χ0n) is 22.3. The summed E-state index contributed by atoms with van der Waals surface area (Å²) in [4.78, 5) is 28.7. The van der Waals surface area contributed by atoms with E-state index in [2.05, 4.69) is 42.3 Å². The molecule has 200 valence electrons. The first-order chi connectivity index (χ1) is 18.1. The number of carbonyl (C=O) groups excluding carboxylic acids is 2. The third kappa shape index (κ3) is 5.29. The molecule has 1 fully saturated rings. The molecule has 0 aliphatic carbocycles. The highest BCUT2D eigenvalue weighted by molar-refractivity contribution is 6.35. The molecule has 7 N–H and O–H groups in total. The van der Waals surface area contributed by atoms with Crippen LogP contribution >= 0.6 is 0 Å². The fourth-order valence-electron chi connectivity index (χ4n) is 4.58. The van der Waals surface area contributed by atoms with Gasteiger partial charge in [0.15, 0.2) is 5.82 Å². The summed E-state index contributed by atoms with van der Waals surface area (Å²) in [7, 11) is 0. The molecule has 0 saturated carbocycles. The van der Waals surface area contributed by atoms with Crippen molar-refractivity contribution in [2.24, 2.45) is 0 Å². The van der Waals surface area contributed by atoms with Gasteiger partial charge in [-0.3, -0.25) is 10.1 Å². The lowest BCUT2D eigenvalue weighted by atomic mass is 9.93. The molecule has 2 aliphatic rings. The number of aromatic amines is 1. The number of aryl methyl sites for hydroxylation is 1. The van der Waals surface area contributed by atoms with Crippen LogP contribution in [0.25, 0.3) is 11.6 Å². The number of hydrogen-bond acceptors (Lipinski definition) is 7. The van der Waals surface area contributed by atoms with Gasteiger partial charge in [0.1, 0.15) is 5.76 Å². The monoisotopic (exact) mass is 518 g/mol. The van der Waals surface area contributed by atoms with Gasteiger partial charge in [0.25, 0.3) is 5.91 Å². The fraction of sp³-hybridized carbons (Fsp3) is 0.370. The third-order valence-electron chi connectivity index (χ3n) is 6.78. The van der Waals surface area contributed by atoms with Gasteiger partial charge in [0, 0.05) is 46.7 Å². The Bertz CT molecular complexity index is 1410. The van der Waals surface area contributed by atoms with Crippen molar-refractivity contribution in [1.29, 1.82) is 0 Å². The Morgan fingerprint density at radius 3 is 2.71 bits per heavy atom. The molecule has 11 nitrogen and oxygen atoms in total. The number of urea groups is 1.